The van der Waals surface area contributed by atoms with Crippen LogP contribution in [0.1, 0.15) is 52.0 Å². The van der Waals surface area contributed by atoms with Crippen LogP contribution in [0, 0.1) is 5.41 Å². The molecule has 2 rings (SSSR count). The Kier molecular flexibility index (Phi) is 4.00. The quantitative estimate of drug-likeness (QED) is 0.861. The van der Waals surface area contributed by atoms with Gasteiger partial charge in [0.05, 0.1) is 6.04 Å². The van der Waals surface area contributed by atoms with E-state index in [9.17, 15) is 0 Å². The molecular weight excluding hydrogens is 234 g/mol. The molecule has 0 spiro atoms. The van der Waals surface area contributed by atoms with E-state index in [4.69, 9.17) is 4.42 Å². The predicted octanol–water partition coefficient (Wildman–Crippen LogP) is 4.69. The van der Waals surface area contributed by atoms with Crippen molar-refractivity contribution in [2.45, 2.75) is 47.1 Å². The Bertz CT molecular complexity index is 548. The van der Waals surface area contributed by atoms with Crippen LogP contribution in [0.25, 0.3) is 11.0 Å². The predicted molar refractivity (Wildman–Crippen MR) is 81.5 cm³/mol. The lowest BCUT2D eigenvalue weighted by Gasteiger charge is -2.22. The van der Waals surface area contributed by atoms with Gasteiger partial charge in [-0.15, -0.1) is 0 Å². The zero-order valence-corrected chi connectivity index (χ0v) is 12.7. The van der Waals surface area contributed by atoms with Crippen LogP contribution in [0.2, 0.25) is 0 Å². The van der Waals surface area contributed by atoms with E-state index in [1.165, 1.54) is 10.9 Å². The highest BCUT2D eigenvalue weighted by Crippen LogP contribution is 2.30. The number of aryl methyl sites for hydroxylation is 1. The van der Waals surface area contributed by atoms with Crippen LogP contribution in [0.15, 0.2) is 28.7 Å². The summed E-state index contributed by atoms with van der Waals surface area (Å²) in [6.07, 6.45) is 1.01. The molecule has 2 nitrogen and oxygen atoms in total. The lowest BCUT2D eigenvalue weighted by molar-refractivity contribution is 0.341. The number of rotatable bonds is 4. The topological polar surface area (TPSA) is 25.2 Å². The van der Waals surface area contributed by atoms with Gasteiger partial charge in [0, 0.05) is 17.5 Å². The molecule has 1 aromatic heterocycles. The van der Waals surface area contributed by atoms with Gasteiger partial charge in [0.15, 0.2) is 0 Å². The highest BCUT2D eigenvalue weighted by Gasteiger charge is 2.19. The first-order valence-electron chi connectivity index (χ1n) is 7.16. The normalized spacial score (nSPS) is 13.9. The van der Waals surface area contributed by atoms with Crippen LogP contribution in [-0.4, -0.2) is 6.54 Å². The second-order valence-corrected chi connectivity index (χ2v) is 6.46. The molecule has 0 aliphatic rings. The zero-order chi connectivity index (χ0) is 14.0. The largest absolute Gasteiger partial charge is 0.459 e. The number of fused-ring (bicyclic) bond motifs is 1. The lowest BCUT2D eigenvalue weighted by atomic mass is 9.96. The van der Waals surface area contributed by atoms with Crippen molar-refractivity contribution in [3.05, 3.63) is 35.6 Å². The van der Waals surface area contributed by atoms with Gasteiger partial charge in [-0.1, -0.05) is 45.9 Å². The van der Waals surface area contributed by atoms with Crippen LogP contribution >= 0.6 is 0 Å². The van der Waals surface area contributed by atoms with Crippen LogP contribution in [0.3, 0.4) is 0 Å². The summed E-state index contributed by atoms with van der Waals surface area (Å²) in [5.41, 5.74) is 2.62. The minimum atomic E-state index is 0.251. The van der Waals surface area contributed by atoms with Crippen molar-refractivity contribution in [1.29, 1.82) is 0 Å². The third kappa shape index (κ3) is 3.19. The number of para-hydroxylation sites is 1. The number of hydrogen-bond acceptors (Lipinski definition) is 2. The van der Waals surface area contributed by atoms with Gasteiger partial charge in [-0.25, -0.2) is 0 Å². The highest BCUT2D eigenvalue weighted by molar-refractivity contribution is 5.82. The van der Waals surface area contributed by atoms with Gasteiger partial charge in [0.1, 0.15) is 11.3 Å². The number of nitrogens with one attached hydrogen (secondary N) is 1. The summed E-state index contributed by atoms with van der Waals surface area (Å²) >= 11 is 0. The molecule has 0 aliphatic heterocycles. The fourth-order valence-corrected chi connectivity index (χ4v) is 2.38. The standard InChI is InChI=1S/C17H25NO/c1-6-13-14-9-7-8-10-15(14)19-16(13)12(2)18-11-17(3,4)5/h7-10,12,18H,6,11H2,1-5H3. The number of furan rings is 1. The van der Waals surface area contributed by atoms with E-state index in [1.807, 2.05) is 6.07 Å². The summed E-state index contributed by atoms with van der Waals surface area (Å²) in [5, 5.41) is 4.83. The summed E-state index contributed by atoms with van der Waals surface area (Å²) in [6.45, 7) is 12.1. The molecule has 2 heteroatoms. The van der Waals surface area contributed by atoms with Crippen molar-refractivity contribution in [2.75, 3.05) is 6.54 Å². The molecular formula is C17H25NO. The molecule has 0 bridgehead atoms. The van der Waals surface area contributed by atoms with E-state index in [-0.39, 0.29) is 11.5 Å². The fourth-order valence-electron chi connectivity index (χ4n) is 2.38. The van der Waals surface area contributed by atoms with Crippen LogP contribution in [0.4, 0.5) is 0 Å². The van der Waals surface area contributed by atoms with Crippen LogP contribution < -0.4 is 5.32 Å². The Morgan fingerprint density at radius 1 is 1.21 bits per heavy atom. The third-order valence-electron chi connectivity index (χ3n) is 3.41. The Morgan fingerprint density at radius 2 is 1.89 bits per heavy atom. The molecule has 1 unspecified atom stereocenters. The van der Waals surface area contributed by atoms with Crippen molar-refractivity contribution in [3.63, 3.8) is 0 Å². The molecule has 0 saturated carbocycles. The van der Waals surface area contributed by atoms with Gasteiger partial charge in [0.25, 0.3) is 0 Å². The summed E-state index contributed by atoms with van der Waals surface area (Å²) in [4.78, 5) is 0. The third-order valence-corrected chi connectivity index (χ3v) is 3.41. The molecule has 0 aliphatic carbocycles. The van der Waals surface area contributed by atoms with Gasteiger partial charge in [-0.3, -0.25) is 0 Å². The summed E-state index contributed by atoms with van der Waals surface area (Å²) in [7, 11) is 0. The Balaban J connectivity index is 2.28. The van der Waals surface area contributed by atoms with E-state index < -0.39 is 0 Å². The maximum Gasteiger partial charge on any atom is 0.134 e. The van der Waals surface area contributed by atoms with Crippen molar-refractivity contribution < 1.29 is 4.42 Å². The molecule has 1 atom stereocenters. The average molecular weight is 259 g/mol. The van der Waals surface area contributed by atoms with E-state index >= 15 is 0 Å². The minimum Gasteiger partial charge on any atom is -0.459 e. The molecule has 0 saturated heterocycles. The van der Waals surface area contributed by atoms with Gasteiger partial charge in [-0.2, -0.15) is 0 Å². The van der Waals surface area contributed by atoms with Crippen LogP contribution in [-0.2, 0) is 6.42 Å². The van der Waals surface area contributed by atoms with Gasteiger partial charge < -0.3 is 9.73 Å². The Morgan fingerprint density at radius 3 is 2.53 bits per heavy atom. The van der Waals surface area contributed by atoms with Gasteiger partial charge >= 0.3 is 0 Å². The monoisotopic (exact) mass is 259 g/mol. The molecule has 0 radical (unpaired) electrons. The second-order valence-electron chi connectivity index (χ2n) is 6.46. The number of benzene rings is 1. The molecule has 0 amide bonds. The molecule has 1 N–H and O–H groups in total. The molecule has 0 fully saturated rings. The Labute approximate surface area is 116 Å². The van der Waals surface area contributed by atoms with Crippen molar-refractivity contribution in [1.82, 2.24) is 5.32 Å². The number of hydrogen-bond donors (Lipinski definition) is 1. The molecule has 2 aromatic rings. The molecule has 19 heavy (non-hydrogen) atoms. The van der Waals surface area contributed by atoms with Crippen molar-refractivity contribution in [3.8, 4) is 0 Å². The zero-order valence-electron chi connectivity index (χ0n) is 12.7. The van der Waals surface area contributed by atoms with Crippen LogP contribution in [0.5, 0.6) is 0 Å². The first kappa shape index (κ1) is 14.1. The summed E-state index contributed by atoms with van der Waals surface area (Å²) < 4.78 is 6.05. The SMILES string of the molecule is CCc1c(C(C)NCC(C)(C)C)oc2ccccc12. The van der Waals surface area contributed by atoms with E-state index in [2.05, 4.69) is 58.1 Å². The Hall–Kier alpha value is -1.28. The van der Waals surface area contributed by atoms with E-state index in [1.54, 1.807) is 0 Å². The maximum atomic E-state index is 6.05. The lowest BCUT2D eigenvalue weighted by Crippen LogP contribution is -2.29. The first-order valence-corrected chi connectivity index (χ1v) is 7.16. The van der Waals surface area contributed by atoms with E-state index in [0.29, 0.717) is 0 Å². The average Bonchev–Trinajstić information content (AvgIpc) is 2.73. The molecule has 1 heterocycles. The van der Waals surface area contributed by atoms with E-state index in [0.717, 1.165) is 24.3 Å². The first-order chi connectivity index (χ1) is 8.92. The highest BCUT2D eigenvalue weighted by atomic mass is 16.3. The van der Waals surface area contributed by atoms with Gasteiger partial charge in [-0.05, 0) is 24.8 Å². The summed E-state index contributed by atoms with van der Waals surface area (Å²) in [5.74, 6) is 1.09. The van der Waals surface area contributed by atoms with Crippen molar-refractivity contribution >= 4 is 11.0 Å². The smallest absolute Gasteiger partial charge is 0.134 e. The molecule has 104 valence electrons. The van der Waals surface area contributed by atoms with Crippen molar-refractivity contribution in [2.24, 2.45) is 5.41 Å². The van der Waals surface area contributed by atoms with Gasteiger partial charge in [0.2, 0.25) is 0 Å². The minimum absolute atomic E-state index is 0.251. The fraction of sp³-hybridized carbons (Fsp3) is 0.529. The summed E-state index contributed by atoms with van der Waals surface area (Å²) in [6, 6.07) is 8.56. The second kappa shape index (κ2) is 5.38. The maximum absolute atomic E-state index is 6.05. The molecule has 1 aromatic carbocycles.